The third-order valence-corrected chi connectivity index (χ3v) is 16.6. The summed E-state index contributed by atoms with van der Waals surface area (Å²) in [4.78, 5) is 7.65. The van der Waals surface area contributed by atoms with E-state index >= 15 is 0 Å². The predicted molar refractivity (Wildman–Crippen MR) is 111 cm³/mol. The minimum absolute atomic E-state index is 0.752. The molecule has 0 aromatic heterocycles. The molecule has 0 amide bonds. The van der Waals surface area contributed by atoms with Gasteiger partial charge in [-0.05, 0) is 0 Å². The second-order valence-electron chi connectivity index (χ2n) is 5.25. The number of thiocarbonyl (C=S) groups is 4. The molecule has 0 saturated carbocycles. The molecule has 0 rings (SSSR count). The van der Waals surface area contributed by atoms with Gasteiger partial charge in [0.15, 0.2) is 0 Å². The Morgan fingerprint density at radius 3 is 0.714 bits per heavy atom. The molecular weight excluding hydrogens is 407 g/mol. The quantitative estimate of drug-likeness (QED) is 0.480. The van der Waals surface area contributed by atoms with Gasteiger partial charge in [0.1, 0.15) is 0 Å². The number of rotatable bonds is 4. The van der Waals surface area contributed by atoms with Crippen molar-refractivity contribution in [3.05, 3.63) is 0 Å². The van der Waals surface area contributed by atoms with Crippen molar-refractivity contribution in [2.75, 3.05) is 56.4 Å². The van der Waals surface area contributed by atoms with Crippen molar-refractivity contribution in [3.63, 3.8) is 0 Å². The van der Waals surface area contributed by atoms with Crippen molar-refractivity contribution in [1.29, 1.82) is 0 Å². The third kappa shape index (κ3) is 4.09. The Kier molecular flexibility index (Phi) is 8.11. The molecule has 0 atom stereocenters. The van der Waals surface area contributed by atoms with E-state index in [2.05, 4.69) is 0 Å². The fourth-order valence-electron chi connectivity index (χ4n) is 1.54. The molecule has 0 fully saturated rings. The van der Waals surface area contributed by atoms with E-state index in [4.69, 9.17) is 48.9 Å². The molecule has 0 heterocycles. The molecule has 0 aliphatic heterocycles. The zero-order valence-corrected chi connectivity index (χ0v) is 18.8. The van der Waals surface area contributed by atoms with Gasteiger partial charge in [-0.15, -0.1) is 0 Å². The van der Waals surface area contributed by atoms with Crippen LogP contribution in [0.15, 0.2) is 0 Å². The van der Waals surface area contributed by atoms with Crippen molar-refractivity contribution in [2.45, 2.75) is 0 Å². The summed E-state index contributed by atoms with van der Waals surface area (Å²) in [6.07, 6.45) is 0. The first-order valence-corrected chi connectivity index (χ1v) is 11.2. The molecule has 0 radical (unpaired) electrons. The Hall–Kier alpha value is 0.0795. The van der Waals surface area contributed by atoms with E-state index in [0.29, 0.717) is 0 Å². The Balaban J connectivity index is 6.50. The summed E-state index contributed by atoms with van der Waals surface area (Å²) in [6.45, 7) is 0. The van der Waals surface area contributed by atoms with E-state index in [9.17, 15) is 0 Å². The molecule has 0 unspecified atom stereocenters. The first kappa shape index (κ1) is 21.1. The Labute approximate surface area is 152 Å². The predicted octanol–water partition coefficient (Wildman–Crippen LogP) is 1.15. The second-order valence-corrected chi connectivity index (χ2v) is 14.9. The Morgan fingerprint density at radius 1 is 0.476 bits per heavy atom. The van der Waals surface area contributed by atoms with Gasteiger partial charge in [-0.25, -0.2) is 0 Å². The molecule has 0 aromatic carbocycles. The van der Waals surface area contributed by atoms with E-state index in [1.54, 1.807) is 0 Å². The van der Waals surface area contributed by atoms with E-state index in [1.165, 1.54) is 0 Å². The van der Waals surface area contributed by atoms with Gasteiger partial charge in [0.25, 0.3) is 0 Å². The van der Waals surface area contributed by atoms with Gasteiger partial charge in [-0.1, -0.05) is 0 Å². The molecular formula is C12H24N4S4Se. The van der Waals surface area contributed by atoms with Crippen LogP contribution in [0.4, 0.5) is 0 Å². The van der Waals surface area contributed by atoms with Crippen LogP contribution in [0.3, 0.4) is 0 Å². The van der Waals surface area contributed by atoms with Crippen LogP contribution in [0.25, 0.3) is 0 Å². The Bertz CT molecular complexity index is 375. The summed E-state index contributed by atoms with van der Waals surface area (Å²) in [5, 5.41) is 0. The van der Waals surface area contributed by atoms with Crippen molar-refractivity contribution in [3.8, 4) is 0 Å². The summed E-state index contributed by atoms with van der Waals surface area (Å²) in [7, 11) is 15.4. The Morgan fingerprint density at radius 2 is 0.619 bits per heavy atom. The van der Waals surface area contributed by atoms with Crippen LogP contribution in [0.5, 0.6) is 0 Å². The van der Waals surface area contributed by atoms with Crippen molar-refractivity contribution in [2.24, 2.45) is 0 Å². The summed E-state index contributed by atoms with van der Waals surface area (Å²) in [5.41, 5.74) is 0. The van der Waals surface area contributed by atoms with Gasteiger partial charge in [0.2, 0.25) is 0 Å². The fourth-order valence-corrected chi connectivity index (χ4v) is 14.6. The van der Waals surface area contributed by atoms with E-state index in [0.717, 1.165) is 15.5 Å². The van der Waals surface area contributed by atoms with Gasteiger partial charge < -0.3 is 0 Å². The van der Waals surface area contributed by atoms with Crippen LogP contribution in [0, 0.1) is 0 Å². The molecule has 0 bridgehead atoms. The topological polar surface area (TPSA) is 13.0 Å². The maximum atomic E-state index is 5.75. The van der Waals surface area contributed by atoms with E-state index in [1.807, 2.05) is 76.0 Å². The molecule has 9 heteroatoms. The first-order valence-electron chi connectivity index (χ1n) is 6.11. The standard InChI is InChI=1S/C12H24N4S4Se/c1-13(2)9(17)21(10(18)14(3)4,11(19)15(5)6)12(20)16(7)8/h1-8H3. The summed E-state index contributed by atoms with van der Waals surface area (Å²) in [5.74, 6) is 0. The molecule has 0 aliphatic rings. The van der Waals surface area contributed by atoms with Crippen molar-refractivity contribution >= 4 is 77.3 Å². The van der Waals surface area contributed by atoms with Gasteiger partial charge in [-0.2, -0.15) is 0 Å². The zero-order valence-electron chi connectivity index (χ0n) is 13.8. The zero-order chi connectivity index (χ0) is 17.1. The van der Waals surface area contributed by atoms with Gasteiger partial charge in [0, 0.05) is 0 Å². The van der Waals surface area contributed by atoms with Gasteiger partial charge in [-0.3, -0.25) is 0 Å². The SMILES string of the molecule is CN(C)C(=S)[Se](C(=S)N(C)C)(C(=S)N(C)C)C(=S)N(C)C. The second kappa shape index (κ2) is 8.08. The normalized spacial score (nSPS) is 11.4. The van der Waals surface area contributed by atoms with E-state index < -0.39 is 12.8 Å². The third-order valence-electron chi connectivity index (χ3n) is 2.51. The van der Waals surface area contributed by atoms with Gasteiger partial charge in [0.05, 0.1) is 0 Å². The summed E-state index contributed by atoms with van der Waals surface area (Å²) < 4.78 is 3.01. The maximum absolute atomic E-state index is 5.75. The molecule has 4 nitrogen and oxygen atoms in total. The van der Waals surface area contributed by atoms with Crippen LogP contribution in [-0.2, 0) is 0 Å². The molecule has 0 aliphatic carbocycles. The van der Waals surface area contributed by atoms with Crippen molar-refractivity contribution < 1.29 is 0 Å². The van der Waals surface area contributed by atoms with Crippen LogP contribution in [0.2, 0.25) is 0 Å². The number of hydrogen-bond donors (Lipinski definition) is 0. The molecule has 0 aromatic rings. The van der Waals surface area contributed by atoms with E-state index in [-0.39, 0.29) is 0 Å². The van der Waals surface area contributed by atoms with Crippen LogP contribution < -0.4 is 0 Å². The number of hydrogen-bond acceptors (Lipinski definition) is 4. The molecule has 122 valence electrons. The minimum atomic E-state index is -3.07. The van der Waals surface area contributed by atoms with Gasteiger partial charge >= 0.3 is 153 Å². The summed E-state index contributed by atoms with van der Waals surface area (Å²) >= 11 is 19.9. The molecule has 21 heavy (non-hydrogen) atoms. The van der Waals surface area contributed by atoms with Crippen molar-refractivity contribution in [1.82, 2.24) is 19.6 Å². The monoisotopic (exact) mass is 432 g/mol. The number of nitrogens with zero attached hydrogens (tertiary/aromatic N) is 4. The average Bonchev–Trinajstić information content (AvgIpc) is 2.37. The van der Waals surface area contributed by atoms with Crippen LogP contribution >= 0.6 is 48.9 Å². The molecule has 0 N–H and O–H groups in total. The fraction of sp³-hybridized carbons (Fsp3) is 0.667. The summed E-state index contributed by atoms with van der Waals surface area (Å²) in [6, 6.07) is 0. The van der Waals surface area contributed by atoms with Crippen LogP contribution in [0.1, 0.15) is 0 Å². The van der Waals surface area contributed by atoms with Crippen LogP contribution in [-0.4, -0.2) is 104 Å². The molecule has 0 spiro atoms. The average molecular weight is 432 g/mol. The molecule has 0 saturated heterocycles. The first-order chi connectivity index (χ1) is 9.42.